The minimum absolute atomic E-state index is 0.0505. The highest BCUT2D eigenvalue weighted by molar-refractivity contribution is 9.10. The predicted octanol–water partition coefficient (Wildman–Crippen LogP) is 4.43. The Morgan fingerprint density at radius 3 is 2.40 bits per heavy atom. The molecule has 2 rings (SSSR count). The lowest BCUT2D eigenvalue weighted by molar-refractivity contribution is 0.0988. The van der Waals surface area contributed by atoms with Crippen molar-refractivity contribution in [3.8, 4) is 0 Å². The lowest BCUT2D eigenvalue weighted by Crippen LogP contribution is -2.27. The number of carbonyl (C=O) groups is 1. The molecule has 0 atom stereocenters. The van der Waals surface area contributed by atoms with E-state index in [1.807, 2.05) is 24.3 Å². The second kappa shape index (κ2) is 6.18. The van der Waals surface area contributed by atoms with Crippen molar-refractivity contribution in [3.63, 3.8) is 0 Å². The smallest absolute Gasteiger partial charge is 0.262 e. The number of halogens is 2. The fourth-order valence-electron chi connectivity index (χ4n) is 1.94. The number of hydrogen-bond donors (Lipinski definition) is 0. The molecule has 1 amide bonds. The van der Waals surface area contributed by atoms with Gasteiger partial charge in [-0.1, -0.05) is 25.1 Å². The maximum atomic E-state index is 13.8. The van der Waals surface area contributed by atoms with Crippen LogP contribution in [0.3, 0.4) is 0 Å². The molecular weight excluding hydrogens is 321 g/mol. The number of nitrogens with zero attached hydrogens (tertiary/aromatic N) is 1. The molecular formula is C16H15BrFNO. The Bertz CT molecular complexity index is 605. The zero-order valence-electron chi connectivity index (χ0n) is 11.4. The standard InChI is InChI=1S/C16H15BrFNO/c1-3-11-7-9-12(10-8-11)19(2)16(20)15-13(17)5-4-6-14(15)18/h4-10H,3H2,1-2H3. The van der Waals surface area contributed by atoms with Gasteiger partial charge in [0.2, 0.25) is 0 Å². The summed E-state index contributed by atoms with van der Waals surface area (Å²) in [5.41, 5.74) is 1.98. The van der Waals surface area contributed by atoms with Crippen LogP contribution in [-0.4, -0.2) is 13.0 Å². The van der Waals surface area contributed by atoms with Crippen molar-refractivity contribution >= 4 is 27.5 Å². The van der Waals surface area contributed by atoms with Crippen LogP contribution in [0.2, 0.25) is 0 Å². The number of amides is 1. The summed E-state index contributed by atoms with van der Waals surface area (Å²) in [5.74, 6) is -0.902. The Labute approximate surface area is 126 Å². The minimum Gasteiger partial charge on any atom is -0.311 e. The highest BCUT2D eigenvalue weighted by atomic mass is 79.9. The quantitative estimate of drug-likeness (QED) is 0.812. The summed E-state index contributed by atoms with van der Waals surface area (Å²) in [6.07, 6.45) is 0.941. The monoisotopic (exact) mass is 335 g/mol. The average molecular weight is 336 g/mol. The summed E-state index contributed by atoms with van der Waals surface area (Å²) in [6.45, 7) is 2.07. The van der Waals surface area contributed by atoms with Crippen molar-refractivity contribution in [2.75, 3.05) is 11.9 Å². The van der Waals surface area contributed by atoms with E-state index in [4.69, 9.17) is 0 Å². The number of anilines is 1. The topological polar surface area (TPSA) is 20.3 Å². The van der Waals surface area contributed by atoms with E-state index in [1.54, 1.807) is 19.2 Å². The van der Waals surface area contributed by atoms with Crippen molar-refractivity contribution in [2.24, 2.45) is 0 Å². The van der Waals surface area contributed by atoms with Crippen LogP contribution >= 0.6 is 15.9 Å². The molecule has 0 aliphatic carbocycles. The third-order valence-electron chi connectivity index (χ3n) is 3.21. The summed E-state index contributed by atoms with van der Waals surface area (Å²) < 4.78 is 14.3. The van der Waals surface area contributed by atoms with Crippen molar-refractivity contribution < 1.29 is 9.18 Å². The molecule has 0 heterocycles. The summed E-state index contributed by atoms with van der Waals surface area (Å²) in [4.78, 5) is 13.8. The van der Waals surface area contributed by atoms with E-state index >= 15 is 0 Å². The SMILES string of the molecule is CCc1ccc(N(C)C(=O)c2c(F)cccc2Br)cc1. The minimum atomic E-state index is -0.526. The highest BCUT2D eigenvalue weighted by Gasteiger charge is 2.20. The average Bonchev–Trinajstić information content (AvgIpc) is 2.46. The molecule has 2 aromatic rings. The van der Waals surface area contributed by atoms with Gasteiger partial charge in [-0.3, -0.25) is 4.79 Å². The molecule has 0 N–H and O–H groups in total. The number of hydrogen-bond acceptors (Lipinski definition) is 1. The normalized spacial score (nSPS) is 10.4. The molecule has 0 aliphatic heterocycles. The molecule has 0 saturated heterocycles. The predicted molar refractivity (Wildman–Crippen MR) is 82.7 cm³/mol. The largest absolute Gasteiger partial charge is 0.311 e. The van der Waals surface area contributed by atoms with Crippen molar-refractivity contribution in [3.05, 3.63) is 63.9 Å². The van der Waals surface area contributed by atoms with Gasteiger partial charge in [0.25, 0.3) is 5.91 Å². The molecule has 0 spiro atoms. The van der Waals surface area contributed by atoms with Gasteiger partial charge in [0.1, 0.15) is 5.82 Å². The van der Waals surface area contributed by atoms with Crippen LogP contribution in [0.5, 0.6) is 0 Å². The molecule has 2 nitrogen and oxygen atoms in total. The van der Waals surface area contributed by atoms with Crippen LogP contribution in [0.15, 0.2) is 46.9 Å². The van der Waals surface area contributed by atoms with Gasteiger partial charge in [0.15, 0.2) is 0 Å². The Kier molecular flexibility index (Phi) is 4.55. The Morgan fingerprint density at radius 1 is 1.20 bits per heavy atom. The summed E-state index contributed by atoms with van der Waals surface area (Å²) in [5, 5.41) is 0. The second-order valence-corrected chi connectivity index (χ2v) is 5.34. The van der Waals surface area contributed by atoms with Crippen molar-refractivity contribution in [1.82, 2.24) is 0 Å². The molecule has 0 fully saturated rings. The Hall–Kier alpha value is -1.68. The van der Waals surface area contributed by atoms with Crippen LogP contribution in [-0.2, 0) is 6.42 Å². The third kappa shape index (κ3) is 2.90. The first-order valence-electron chi connectivity index (χ1n) is 6.35. The van der Waals surface area contributed by atoms with E-state index in [9.17, 15) is 9.18 Å². The number of rotatable bonds is 3. The van der Waals surface area contributed by atoms with E-state index in [2.05, 4.69) is 22.9 Å². The van der Waals surface area contributed by atoms with Crippen LogP contribution in [0.4, 0.5) is 10.1 Å². The van der Waals surface area contributed by atoms with Crippen molar-refractivity contribution in [1.29, 1.82) is 0 Å². The van der Waals surface area contributed by atoms with E-state index in [0.717, 1.165) is 12.1 Å². The molecule has 0 aromatic heterocycles. The lowest BCUT2D eigenvalue weighted by Gasteiger charge is -2.18. The fourth-order valence-corrected chi connectivity index (χ4v) is 2.45. The number of benzene rings is 2. The molecule has 20 heavy (non-hydrogen) atoms. The molecule has 0 unspecified atom stereocenters. The third-order valence-corrected chi connectivity index (χ3v) is 3.87. The van der Waals surface area contributed by atoms with Gasteiger partial charge in [0, 0.05) is 17.2 Å². The van der Waals surface area contributed by atoms with Gasteiger partial charge in [-0.15, -0.1) is 0 Å². The lowest BCUT2D eigenvalue weighted by atomic mass is 10.1. The molecule has 0 aliphatic rings. The zero-order chi connectivity index (χ0) is 14.7. The van der Waals surface area contributed by atoms with Gasteiger partial charge in [-0.2, -0.15) is 0 Å². The second-order valence-electron chi connectivity index (χ2n) is 4.48. The molecule has 0 saturated carbocycles. The Morgan fingerprint density at radius 2 is 1.85 bits per heavy atom. The fraction of sp³-hybridized carbons (Fsp3) is 0.188. The van der Waals surface area contributed by atoms with Crippen LogP contribution in [0, 0.1) is 5.82 Å². The van der Waals surface area contributed by atoms with Gasteiger partial charge < -0.3 is 4.90 Å². The van der Waals surface area contributed by atoms with Crippen molar-refractivity contribution in [2.45, 2.75) is 13.3 Å². The van der Waals surface area contributed by atoms with Gasteiger partial charge in [-0.05, 0) is 52.2 Å². The maximum absolute atomic E-state index is 13.8. The van der Waals surface area contributed by atoms with Gasteiger partial charge >= 0.3 is 0 Å². The molecule has 104 valence electrons. The summed E-state index contributed by atoms with van der Waals surface area (Å²) in [6, 6.07) is 12.2. The van der Waals surface area contributed by atoms with E-state index < -0.39 is 5.82 Å². The molecule has 0 bridgehead atoms. The molecule has 2 aromatic carbocycles. The van der Waals surface area contributed by atoms with Crippen LogP contribution < -0.4 is 4.90 Å². The first-order valence-corrected chi connectivity index (χ1v) is 7.15. The van der Waals surface area contributed by atoms with Crippen LogP contribution in [0.1, 0.15) is 22.8 Å². The van der Waals surface area contributed by atoms with E-state index in [0.29, 0.717) is 4.47 Å². The van der Waals surface area contributed by atoms with E-state index in [1.165, 1.54) is 16.5 Å². The summed E-state index contributed by atoms with van der Waals surface area (Å²) in [7, 11) is 1.64. The summed E-state index contributed by atoms with van der Waals surface area (Å²) >= 11 is 3.22. The first kappa shape index (κ1) is 14.7. The van der Waals surface area contributed by atoms with E-state index in [-0.39, 0.29) is 11.5 Å². The number of aryl methyl sites for hydroxylation is 1. The van der Waals surface area contributed by atoms with Crippen LogP contribution in [0.25, 0.3) is 0 Å². The zero-order valence-corrected chi connectivity index (χ0v) is 12.9. The van der Waals surface area contributed by atoms with Gasteiger partial charge in [-0.25, -0.2) is 4.39 Å². The Balaban J connectivity index is 2.32. The maximum Gasteiger partial charge on any atom is 0.262 e. The number of carbonyl (C=O) groups excluding carboxylic acids is 1. The molecule has 4 heteroatoms. The molecule has 0 radical (unpaired) electrons. The van der Waals surface area contributed by atoms with Gasteiger partial charge in [0.05, 0.1) is 5.56 Å². The highest BCUT2D eigenvalue weighted by Crippen LogP contribution is 2.24. The first-order chi connectivity index (χ1) is 9.54.